The molecule has 0 aliphatic carbocycles. The summed E-state index contributed by atoms with van der Waals surface area (Å²) in [5.41, 5.74) is 1.42. The molecule has 0 aliphatic rings. The van der Waals surface area contributed by atoms with Crippen molar-refractivity contribution in [2.75, 3.05) is 11.5 Å². The van der Waals surface area contributed by atoms with E-state index in [9.17, 15) is 0 Å². The quantitative estimate of drug-likeness (QED) is 0.847. The van der Waals surface area contributed by atoms with Gasteiger partial charge in [-0.3, -0.25) is 0 Å². The second-order valence-corrected chi connectivity index (χ2v) is 6.72. The summed E-state index contributed by atoms with van der Waals surface area (Å²) in [7, 11) is 0. The second kappa shape index (κ2) is 6.45. The summed E-state index contributed by atoms with van der Waals surface area (Å²) in [6.45, 7) is 11.9. The number of rotatable bonds is 6. The van der Waals surface area contributed by atoms with Gasteiger partial charge in [0.2, 0.25) is 0 Å². The van der Waals surface area contributed by atoms with Crippen LogP contribution < -0.4 is 5.32 Å². The van der Waals surface area contributed by atoms with Crippen molar-refractivity contribution in [3.63, 3.8) is 0 Å². The largest absolute Gasteiger partial charge is 0.330 e. The summed E-state index contributed by atoms with van der Waals surface area (Å²) in [6, 6.07) is 0.513. The van der Waals surface area contributed by atoms with E-state index < -0.39 is 0 Å². The molecule has 0 spiro atoms. The molecule has 0 aromatic carbocycles. The smallest absolute Gasteiger partial charge is 0.0951 e. The van der Waals surface area contributed by atoms with Crippen LogP contribution in [-0.2, 0) is 6.54 Å². The maximum Gasteiger partial charge on any atom is 0.0951 e. The predicted molar refractivity (Wildman–Crippen MR) is 76.5 cm³/mol. The molecule has 1 unspecified atom stereocenters. The number of hydrogen-bond donors (Lipinski definition) is 1. The Bertz CT molecular complexity index is 328. The van der Waals surface area contributed by atoms with Gasteiger partial charge in [-0.25, -0.2) is 4.98 Å². The molecule has 4 heteroatoms. The Hall–Kier alpha value is -0.480. The first-order chi connectivity index (χ1) is 7.94. The minimum Gasteiger partial charge on any atom is -0.330 e. The number of nitrogens with zero attached hydrogens (tertiary/aromatic N) is 2. The molecule has 0 aliphatic heterocycles. The molecule has 17 heavy (non-hydrogen) atoms. The first-order valence-electron chi connectivity index (χ1n) is 6.27. The average molecular weight is 255 g/mol. The van der Waals surface area contributed by atoms with Crippen molar-refractivity contribution < 1.29 is 0 Å². The molecule has 3 nitrogen and oxygen atoms in total. The highest BCUT2D eigenvalue weighted by molar-refractivity contribution is 7.99. The molecule has 1 aromatic rings. The Balaban J connectivity index is 2.59. The van der Waals surface area contributed by atoms with Crippen LogP contribution in [-0.4, -0.2) is 26.6 Å². The zero-order valence-corrected chi connectivity index (χ0v) is 12.5. The molecule has 1 heterocycles. The van der Waals surface area contributed by atoms with Crippen LogP contribution in [0.1, 0.15) is 46.4 Å². The Morgan fingerprint density at radius 3 is 2.76 bits per heavy atom. The van der Waals surface area contributed by atoms with Crippen LogP contribution in [0.4, 0.5) is 0 Å². The molecule has 1 atom stereocenters. The van der Waals surface area contributed by atoms with Gasteiger partial charge in [0.05, 0.1) is 12.0 Å². The Morgan fingerprint density at radius 2 is 2.18 bits per heavy atom. The van der Waals surface area contributed by atoms with E-state index in [1.54, 1.807) is 0 Å². The lowest BCUT2D eigenvalue weighted by Gasteiger charge is -2.22. The molecule has 1 aromatic heterocycles. The lowest BCUT2D eigenvalue weighted by Crippen LogP contribution is -2.35. The fourth-order valence-electron chi connectivity index (χ4n) is 1.59. The maximum absolute atomic E-state index is 4.27. The van der Waals surface area contributed by atoms with Gasteiger partial charge in [-0.2, -0.15) is 11.8 Å². The third-order valence-electron chi connectivity index (χ3n) is 2.58. The maximum atomic E-state index is 4.27. The number of nitrogens with one attached hydrogen (secondary N) is 1. The zero-order chi connectivity index (χ0) is 12.9. The lowest BCUT2D eigenvalue weighted by atomic mass is 10.1. The van der Waals surface area contributed by atoms with Crippen LogP contribution in [0.25, 0.3) is 0 Å². The van der Waals surface area contributed by atoms with Gasteiger partial charge in [0, 0.05) is 30.1 Å². The molecule has 1 rings (SSSR count). The van der Waals surface area contributed by atoms with Crippen LogP contribution in [0, 0.1) is 0 Å². The SMILES string of the molecule is CCSCC(C)n1cncc1CNC(C)(C)C. The molecule has 0 radical (unpaired) electrons. The highest BCUT2D eigenvalue weighted by atomic mass is 32.2. The molecule has 98 valence electrons. The van der Waals surface area contributed by atoms with Gasteiger partial charge in [-0.1, -0.05) is 6.92 Å². The highest BCUT2D eigenvalue weighted by Crippen LogP contribution is 2.16. The van der Waals surface area contributed by atoms with Gasteiger partial charge in [-0.15, -0.1) is 0 Å². The summed E-state index contributed by atoms with van der Waals surface area (Å²) in [6.07, 6.45) is 3.91. The summed E-state index contributed by atoms with van der Waals surface area (Å²) >= 11 is 1.98. The molecule has 0 amide bonds. The Kier molecular flexibility index (Phi) is 5.53. The van der Waals surface area contributed by atoms with E-state index in [1.807, 2.05) is 24.3 Å². The molecular formula is C13H25N3S. The first kappa shape index (κ1) is 14.6. The van der Waals surface area contributed by atoms with Crippen molar-refractivity contribution in [1.29, 1.82) is 0 Å². The Morgan fingerprint density at radius 1 is 1.47 bits per heavy atom. The van der Waals surface area contributed by atoms with Gasteiger partial charge >= 0.3 is 0 Å². The normalized spacial score (nSPS) is 13.9. The minimum atomic E-state index is 0.149. The second-order valence-electron chi connectivity index (χ2n) is 5.40. The van der Waals surface area contributed by atoms with Crippen molar-refractivity contribution in [2.24, 2.45) is 0 Å². The summed E-state index contributed by atoms with van der Waals surface area (Å²) in [4.78, 5) is 4.27. The van der Waals surface area contributed by atoms with E-state index in [-0.39, 0.29) is 5.54 Å². The zero-order valence-electron chi connectivity index (χ0n) is 11.7. The summed E-state index contributed by atoms with van der Waals surface area (Å²) in [5.74, 6) is 2.32. The molecule has 0 saturated carbocycles. The van der Waals surface area contributed by atoms with Crippen molar-refractivity contribution in [1.82, 2.24) is 14.9 Å². The number of thioether (sulfide) groups is 1. The van der Waals surface area contributed by atoms with Crippen LogP contribution in [0.2, 0.25) is 0 Å². The molecular weight excluding hydrogens is 230 g/mol. The van der Waals surface area contributed by atoms with Crippen molar-refractivity contribution in [3.05, 3.63) is 18.2 Å². The predicted octanol–water partition coefficient (Wildman–Crippen LogP) is 3.09. The van der Waals surface area contributed by atoms with E-state index in [4.69, 9.17) is 0 Å². The molecule has 1 N–H and O–H groups in total. The van der Waals surface area contributed by atoms with E-state index >= 15 is 0 Å². The number of aromatic nitrogens is 2. The third kappa shape index (κ3) is 5.13. The number of hydrogen-bond acceptors (Lipinski definition) is 3. The van der Waals surface area contributed by atoms with E-state index in [0.29, 0.717) is 6.04 Å². The van der Waals surface area contributed by atoms with Crippen LogP contribution in [0.15, 0.2) is 12.5 Å². The van der Waals surface area contributed by atoms with Gasteiger partial charge in [0.15, 0.2) is 0 Å². The summed E-state index contributed by atoms with van der Waals surface area (Å²) < 4.78 is 2.28. The standard InChI is InChI=1S/C13H25N3S/c1-6-17-9-11(2)16-10-14-7-12(16)8-15-13(3,4)5/h7,10-11,15H,6,8-9H2,1-5H3. The fourth-order valence-corrected chi connectivity index (χ4v) is 2.33. The van der Waals surface area contributed by atoms with Gasteiger partial charge in [0.25, 0.3) is 0 Å². The van der Waals surface area contributed by atoms with Crippen molar-refractivity contribution in [3.8, 4) is 0 Å². The van der Waals surface area contributed by atoms with Crippen LogP contribution in [0.3, 0.4) is 0 Å². The van der Waals surface area contributed by atoms with E-state index in [2.05, 4.69) is 49.5 Å². The number of imidazole rings is 1. The average Bonchev–Trinajstić information content (AvgIpc) is 2.70. The molecule has 0 bridgehead atoms. The fraction of sp³-hybridized carbons (Fsp3) is 0.769. The van der Waals surface area contributed by atoms with E-state index in [1.165, 1.54) is 11.4 Å². The van der Waals surface area contributed by atoms with Crippen LogP contribution in [0.5, 0.6) is 0 Å². The van der Waals surface area contributed by atoms with Crippen LogP contribution >= 0.6 is 11.8 Å². The topological polar surface area (TPSA) is 29.9 Å². The van der Waals surface area contributed by atoms with Gasteiger partial charge < -0.3 is 9.88 Å². The molecule has 0 fully saturated rings. The Labute approximate surface area is 109 Å². The highest BCUT2D eigenvalue weighted by Gasteiger charge is 2.13. The third-order valence-corrected chi connectivity index (χ3v) is 3.71. The summed E-state index contributed by atoms with van der Waals surface area (Å²) in [5, 5.41) is 3.51. The van der Waals surface area contributed by atoms with E-state index in [0.717, 1.165) is 12.3 Å². The monoisotopic (exact) mass is 255 g/mol. The lowest BCUT2D eigenvalue weighted by molar-refractivity contribution is 0.412. The van der Waals surface area contributed by atoms with Crippen molar-refractivity contribution >= 4 is 11.8 Å². The molecule has 0 saturated heterocycles. The minimum absolute atomic E-state index is 0.149. The first-order valence-corrected chi connectivity index (χ1v) is 7.43. The van der Waals surface area contributed by atoms with Gasteiger partial charge in [0.1, 0.15) is 0 Å². The van der Waals surface area contributed by atoms with Crippen molar-refractivity contribution in [2.45, 2.75) is 52.7 Å². The van der Waals surface area contributed by atoms with Gasteiger partial charge in [-0.05, 0) is 33.4 Å².